The Bertz CT molecular complexity index is 170. The first-order valence-corrected chi connectivity index (χ1v) is 4.93. The van der Waals surface area contributed by atoms with Crippen LogP contribution in [0.15, 0.2) is 0 Å². The van der Waals surface area contributed by atoms with E-state index in [1.807, 2.05) is 13.8 Å². The number of hydrogen-bond donors (Lipinski definition) is 2. The van der Waals surface area contributed by atoms with E-state index in [1.54, 1.807) is 0 Å². The van der Waals surface area contributed by atoms with E-state index in [9.17, 15) is 4.79 Å². The van der Waals surface area contributed by atoms with Gasteiger partial charge in [0.15, 0.2) is 0 Å². The van der Waals surface area contributed by atoms with Crippen molar-refractivity contribution < 1.29 is 9.90 Å². The van der Waals surface area contributed by atoms with E-state index < -0.39 is 5.97 Å². The summed E-state index contributed by atoms with van der Waals surface area (Å²) >= 11 is 0. The van der Waals surface area contributed by atoms with E-state index in [-0.39, 0.29) is 17.9 Å². The molecule has 2 unspecified atom stereocenters. The third-order valence-electron chi connectivity index (χ3n) is 2.71. The second-order valence-electron chi connectivity index (χ2n) is 3.99. The molecule has 0 heterocycles. The Morgan fingerprint density at radius 1 is 1.54 bits per heavy atom. The normalized spacial score (nSPS) is 17.8. The van der Waals surface area contributed by atoms with Crippen LogP contribution in [0.1, 0.15) is 46.5 Å². The summed E-state index contributed by atoms with van der Waals surface area (Å²) in [7, 11) is 0. The van der Waals surface area contributed by atoms with Crippen molar-refractivity contribution in [1.29, 1.82) is 0 Å². The highest BCUT2D eigenvalue weighted by Gasteiger charge is 2.32. The highest BCUT2D eigenvalue weighted by Crippen LogP contribution is 2.32. The fourth-order valence-electron chi connectivity index (χ4n) is 1.81. The molecule has 0 aromatic carbocycles. The molecule has 0 aromatic rings. The van der Waals surface area contributed by atoms with Crippen LogP contribution < -0.4 is 5.73 Å². The summed E-state index contributed by atoms with van der Waals surface area (Å²) in [6.45, 7) is 6.03. The van der Waals surface area contributed by atoms with Gasteiger partial charge >= 0.3 is 5.97 Å². The molecule has 0 aliphatic carbocycles. The van der Waals surface area contributed by atoms with Gasteiger partial charge in [-0.25, -0.2) is 0 Å². The minimum absolute atomic E-state index is 0.0106. The lowest BCUT2D eigenvalue weighted by atomic mass is 9.75. The lowest BCUT2D eigenvalue weighted by Crippen LogP contribution is -2.40. The number of hydrogen-bond acceptors (Lipinski definition) is 2. The van der Waals surface area contributed by atoms with Crippen LogP contribution in [0.3, 0.4) is 0 Å². The Morgan fingerprint density at radius 3 is 2.38 bits per heavy atom. The smallest absolute Gasteiger partial charge is 0.303 e. The quantitative estimate of drug-likeness (QED) is 0.668. The van der Waals surface area contributed by atoms with E-state index in [1.165, 1.54) is 0 Å². The van der Waals surface area contributed by atoms with Crippen LogP contribution in [-0.4, -0.2) is 17.1 Å². The van der Waals surface area contributed by atoms with Crippen LogP contribution in [0, 0.1) is 5.41 Å². The molecule has 3 heteroatoms. The fraction of sp³-hybridized carbons (Fsp3) is 0.900. The Morgan fingerprint density at radius 2 is 2.08 bits per heavy atom. The van der Waals surface area contributed by atoms with Gasteiger partial charge in [0.05, 0.1) is 6.42 Å². The largest absolute Gasteiger partial charge is 0.481 e. The van der Waals surface area contributed by atoms with Crippen LogP contribution in [0.5, 0.6) is 0 Å². The number of carboxylic acid groups (broad SMARTS) is 1. The zero-order chi connectivity index (χ0) is 10.5. The lowest BCUT2D eigenvalue weighted by molar-refractivity contribution is -0.140. The topological polar surface area (TPSA) is 63.3 Å². The van der Waals surface area contributed by atoms with Gasteiger partial charge in [0.25, 0.3) is 0 Å². The molecule has 0 aliphatic heterocycles. The summed E-state index contributed by atoms with van der Waals surface area (Å²) in [5.41, 5.74) is 5.68. The number of aliphatic carboxylic acids is 1. The highest BCUT2D eigenvalue weighted by atomic mass is 16.4. The first-order valence-electron chi connectivity index (χ1n) is 4.93. The van der Waals surface area contributed by atoms with Crippen molar-refractivity contribution in [3.63, 3.8) is 0 Å². The van der Waals surface area contributed by atoms with Crippen LogP contribution in [0.25, 0.3) is 0 Å². The maximum Gasteiger partial charge on any atom is 0.303 e. The van der Waals surface area contributed by atoms with E-state index in [2.05, 4.69) is 6.92 Å². The molecular weight excluding hydrogens is 166 g/mol. The maximum atomic E-state index is 10.7. The Balaban J connectivity index is 4.40. The van der Waals surface area contributed by atoms with Crippen LogP contribution in [-0.2, 0) is 4.79 Å². The van der Waals surface area contributed by atoms with Gasteiger partial charge in [0.2, 0.25) is 0 Å². The Kier molecular flexibility index (Phi) is 4.99. The molecule has 2 atom stereocenters. The molecule has 3 N–H and O–H groups in total. The summed E-state index contributed by atoms with van der Waals surface area (Å²) in [4.78, 5) is 10.7. The second kappa shape index (κ2) is 5.22. The average molecular weight is 187 g/mol. The molecule has 0 radical (unpaired) electrons. The van der Waals surface area contributed by atoms with Crippen LogP contribution in [0.2, 0.25) is 0 Å². The van der Waals surface area contributed by atoms with Gasteiger partial charge in [-0.1, -0.05) is 27.2 Å². The minimum atomic E-state index is -0.750. The molecule has 0 aliphatic rings. The standard InChI is InChI=1S/C10H21NO2/c1-4-6-10(3,7-9(12)13)8(11)5-2/h8H,4-7,11H2,1-3H3,(H,12,13). The minimum Gasteiger partial charge on any atom is -0.481 e. The first-order chi connectivity index (χ1) is 5.96. The van der Waals surface area contributed by atoms with Gasteiger partial charge in [-0.2, -0.15) is 0 Å². The molecular formula is C10H21NO2. The maximum absolute atomic E-state index is 10.7. The van der Waals surface area contributed by atoms with Crippen molar-refractivity contribution in [2.45, 2.75) is 52.5 Å². The molecule has 0 fully saturated rings. The Hall–Kier alpha value is -0.570. The third kappa shape index (κ3) is 3.77. The SMILES string of the molecule is CCCC(C)(CC(=O)O)C(N)CC. The van der Waals surface area contributed by atoms with Crippen molar-refractivity contribution in [2.24, 2.45) is 11.1 Å². The first kappa shape index (κ1) is 12.4. The van der Waals surface area contributed by atoms with E-state index in [0.29, 0.717) is 0 Å². The van der Waals surface area contributed by atoms with E-state index >= 15 is 0 Å². The molecule has 3 nitrogen and oxygen atoms in total. The fourth-order valence-corrected chi connectivity index (χ4v) is 1.81. The van der Waals surface area contributed by atoms with Crippen LogP contribution >= 0.6 is 0 Å². The van der Waals surface area contributed by atoms with Gasteiger partial charge in [-0.15, -0.1) is 0 Å². The third-order valence-corrected chi connectivity index (χ3v) is 2.71. The molecule has 0 aromatic heterocycles. The predicted molar refractivity (Wildman–Crippen MR) is 53.5 cm³/mol. The number of rotatable bonds is 6. The van der Waals surface area contributed by atoms with Gasteiger partial charge < -0.3 is 10.8 Å². The molecule has 0 rings (SSSR count). The van der Waals surface area contributed by atoms with Crippen molar-refractivity contribution in [2.75, 3.05) is 0 Å². The van der Waals surface area contributed by atoms with Crippen molar-refractivity contribution in [1.82, 2.24) is 0 Å². The molecule has 13 heavy (non-hydrogen) atoms. The zero-order valence-electron chi connectivity index (χ0n) is 8.84. The van der Waals surface area contributed by atoms with Crippen molar-refractivity contribution in [3.05, 3.63) is 0 Å². The Labute approximate surface area is 80.3 Å². The van der Waals surface area contributed by atoms with Gasteiger partial charge in [0, 0.05) is 6.04 Å². The highest BCUT2D eigenvalue weighted by molar-refractivity contribution is 5.67. The van der Waals surface area contributed by atoms with Crippen molar-refractivity contribution in [3.8, 4) is 0 Å². The summed E-state index contributed by atoms with van der Waals surface area (Å²) in [6.07, 6.45) is 2.88. The molecule has 78 valence electrons. The van der Waals surface area contributed by atoms with Gasteiger partial charge in [-0.3, -0.25) is 4.79 Å². The van der Waals surface area contributed by atoms with E-state index in [0.717, 1.165) is 19.3 Å². The summed E-state index contributed by atoms with van der Waals surface area (Å²) in [6, 6.07) is -0.0106. The molecule has 0 spiro atoms. The molecule has 0 bridgehead atoms. The predicted octanol–water partition coefficient (Wildman–Crippen LogP) is 2.00. The van der Waals surface area contributed by atoms with E-state index in [4.69, 9.17) is 10.8 Å². The summed E-state index contributed by atoms with van der Waals surface area (Å²) in [5, 5.41) is 8.76. The number of carboxylic acids is 1. The summed E-state index contributed by atoms with van der Waals surface area (Å²) < 4.78 is 0. The van der Waals surface area contributed by atoms with Gasteiger partial charge in [-0.05, 0) is 18.3 Å². The van der Waals surface area contributed by atoms with Crippen molar-refractivity contribution >= 4 is 5.97 Å². The summed E-state index contributed by atoms with van der Waals surface area (Å²) in [5.74, 6) is -0.750. The van der Waals surface area contributed by atoms with Crippen LogP contribution in [0.4, 0.5) is 0 Å². The molecule has 0 saturated carbocycles. The second-order valence-corrected chi connectivity index (χ2v) is 3.99. The number of nitrogens with two attached hydrogens (primary N) is 1. The lowest BCUT2D eigenvalue weighted by Gasteiger charge is -2.33. The average Bonchev–Trinajstić information content (AvgIpc) is 2.02. The zero-order valence-corrected chi connectivity index (χ0v) is 8.84. The monoisotopic (exact) mass is 187 g/mol. The molecule has 0 amide bonds. The van der Waals surface area contributed by atoms with Gasteiger partial charge in [0.1, 0.15) is 0 Å². The number of carbonyl (C=O) groups is 1. The molecule has 0 saturated heterocycles.